The van der Waals surface area contributed by atoms with Gasteiger partial charge in [0.05, 0.1) is 23.0 Å². The van der Waals surface area contributed by atoms with Gasteiger partial charge in [-0.2, -0.15) is 5.10 Å². The van der Waals surface area contributed by atoms with Crippen molar-refractivity contribution in [2.75, 3.05) is 29.9 Å². The highest BCUT2D eigenvalue weighted by Gasteiger charge is 2.30. The molecule has 0 bridgehead atoms. The molecular weight excluding hydrogens is 429 g/mol. The zero-order valence-electron chi connectivity index (χ0n) is 20.6. The normalized spacial score (nSPS) is 22.9. The molecule has 1 saturated carbocycles. The Morgan fingerprint density at radius 1 is 1.15 bits per heavy atom. The Morgan fingerprint density at radius 3 is 2.71 bits per heavy atom. The summed E-state index contributed by atoms with van der Waals surface area (Å²) in [6, 6.07) is 7.82. The Kier molecular flexibility index (Phi) is 6.61. The summed E-state index contributed by atoms with van der Waals surface area (Å²) in [5, 5.41) is 9.66. The van der Waals surface area contributed by atoms with Gasteiger partial charge in [0.25, 0.3) is 0 Å². The van der Waals surface area contributed by atoms with E-state index in [1.807, 2.05) is 12.3 Å². The molecule has 1 aliphatic carbocycles. The smallest absolute Gasteiger partial charge is 0.167 e. The minimum Gasteiger partial charge on any atom is -0.487 e. The number of benzene rings is 1. The molecule has 2 fully saturated rings. The fraction of sp³-hybridized carbons (Fsp3) is 0.556. The minimum atomic E-state index is -0.244. The van der Waals surface area contributed by atoms with Crippen LogP contribution in [0.15, 0.2) is 30.5 Å². The Hall–Kier alpha value is -2.83. The van der Waals surface area contributed by atoms with Crippen molar-refractivity contribution in [3.05, 3.63) is 41.8 Å². The van der Waals surface area contributed by atoms with Crippen LogP contribution in [-0.4, -0.2) is 40.5 Å². The lowest BCUT2D eigenvalue weighted by molar-refractivity contribution is 0.126. The molecule has 1 saturated heterocycles. The molecule has 1 N–H and O–H groups in total. The fourth-order valence-electron chi connectivity index (χ4n) is 5.46. The standard InChI is InChI=1S/C27H36FN5O/c1-4-19-13-14-32(17-19)27-22-16-30-25(29-5-2)15-23(22)33(31-27)20-9-11-21(12-10-20)34-24-8-6-7-18(3)26(24)28/h6-8,15-16,19-21H,4-5,9-14,17H2,1-3H3,(H,29,30)/t19-,20?,21?/m0/s1. The van der Waals surface area contributed by atoms with Crippen molar-refractivity contribution in [2.45, 2.75) is 71.4 Å². The van der Waals surface area contributed by atoms with Gasteiger partial charge in [0.1, 0.15) is 5.82 Å². The van der Waals surface area contributed by atoms with E-state index in [2.05, 4.69) is 39.8 Å². The SMILES string of the molecule is CCNc1cc2c(cn1)c(N1CC[C@H](CC)C1)nn2C1CCC(Oc2cccc(C)c2F)CC1. The topological polar surface area (TPSA) is 55.2 Å². The third-order valence-electron chi connectivity index (χ3n) is 7.53. The lowest BCUT2D eigenvalue weighted by Crippen LogP contribution is -2.27. The van der Waals surface area contributed by atoms with Crippen LogP contribution in [0, 0.1) is 18.7 Å². The monoisotopic (exact) mass is 465 g/mol. The summed E-state index contributed by atoms with van der Waals surface area (Å²) in [4.78, 5) is 7.10. The number of anilines is 2. The third kappa shape index (κ3) is 4.44. The molecule has 1 atom stereocenters. The molecule has 7 heteroatoms. The van der Waals surface area contributed by atoms with Crippen LogP contribution in [0.1, 0.15) is 64.0 Å². The van der Waals surface area contributed by atoms with Crippen molar-refractivity contribution in [2.24, 2.45) is 5.92 Å². The van der Waals surface area contributed by atoms with Crippen LogP contribution in [0.2, 0.25) is 0 Å². The highest BCUT2D eigenvalue weighted by Crippen LogP contribution is 2.38. The van der Waals surface area contributed by atoms with Crippen LogP contribution >= 0.6 is 0 Å². The van der Waals surface area contributed by atoms with Gasteiger partial charge in [-0.25, -0.2) is 9.37 Å². The quantitative estimate of drug-likeness (QED) is 0.456. The van der Waals surface area contributed by atoms with Crippen LogP contribution in [0.4, 0.5) is 16.0 Å². The average molecular weight is 466 g/mol. The molecule has 0 amide bonds. The summed E-state index contributed by atoms with van der Waals surface area (Å²) in [5.41, 5.74) is 1.77. The van der Waals surface area contributed by atoms with Gasteiger partial charge >= 0.3 is 0 Å². The molecular formula is C27H36FN5O. The maximum absolute atomic E-state index is 14.4. The number of hydrogen-bond donors (Lipinski definition) is 1. The molecule has 2 aliphatic rings. The maximum atomic E-state index is 14.4. The maximum Gasteiger partial charge on any atom is 0.167 e. The summed E-state index contributed by atoms with van der Waals surface area (Å²) < 4.78 is 22.7. The van der Waals surface area contributed by atoms with Crippen molar-refractivity contribution in [1.29, 1.82) is 0 Å². The Labute approximate surface area is 201 Å². The molecule has 3 aromatic rings. The second-order valence-corrected chi connectivity index (χ2v) is 9.83. The first kappa shape index (κ1) is 22.9. The molecule has 3 heterocycles. The number of aromatic nitrogens is 3. The predicted octanol–water partition coefficient (Wildman–Crippen LogP) is 6.11. The molecule has 182 valence electrons. The number of pyridine rings is 1. The average Bonchev–Trinajstić information content (AvgIpc) is 3.47. The molecule has 2 aromatic heterocycles. The first-order valence-electron chi connectivity index (χ1n) is 12.9. The number of ether oxygens (including phenoxy) is 1. The number of hydrogen-bond acceptors (Lipinski definition) is 5. The second-order valence-electron chi connectivity index (χ2n) is 9.83. The van der Waals surface area contributed by atoms with Crippen molar-refractivity contribution >= 4 is 22.5 Å². The van der Waals surface area contributed by atoms with E-state index in [-0.39, 0.29) is 11.9 Å². The number of nitrogens with one attached hydrogen (secondary N) is 1. The van der Waals surface area contributed by atoms with Crippen LogP contribution in [0.5, 0.6) is 5.75 Å². The molecule has 5 rings (SSSR count). The third-order valence-corrected chi connectivity index (χ3v) is 7.53. The summed E-state index contributed by atoms with van der Waals surface area (Å²) in [6.07, 6.45) is 8.17. The highest BCUT2D eigenvalue weighted by atomic mass is 19.1. The summed E-state index contributed by atoms with van der Waals surface area (Å²) in [7, 11) is 0. The van der Waals surface area contributed by atoms with Gasteiger partial charge in [0, 0.05) is 31.9 Å². The molecule has 0 unspecified atom stereocenters. The first-order valence-corrected chi connectivity index (χ1v) is 12.9. The zero-order valence-corrected chi connectivity index (χ0v) is 20.6. The molecule has 6 nitrogen and oxygen atoms in total. The Bertz CT molecular complexity index is 1140. The van der Waals surface area contributed by atoms with Gasteiger partial charge in [-0.1, -0.05) is 25.5 Å². The van der Waals surface area contributed by atoms with E-state index in [0.717, 1.165) is 73.8 Å². The Morgan fingerprint density at radius 2 is 1.97 bits per heavy atom. The Balaban J connectivity index is 1.37. The van der Waals surface area contributed by atoms with Crippen molar-refractivity contribution in [1.82, 2.24) is 14.8 Å². The molecule has 1 aromatic carbocycles. The van der Waals surface area contributed by atoms with Crippen molar-refractivity contribution < 1.29 is 9.13 Å². The number of aryl methyl sites for hydroxylation is 1. The van der Waals surface area contributed by atoms with Crippen molar-refractivity contribution in [3.8, 4) is 5.75 Å². The summed E-state index contributed by atoms with van der Waals surface area (Å²) >= 11 is 0. The van der Waals surface area contributed by atoms with Gasteiger partial charge in [-0.05, 0) is 63.5 Å². The minimum absolute atomic E-state index is 0.0386. The van der Waals surface area contributed by atoms with E-state index in [0.29, 0.717) is 17.4 Å². The van der Waals surface area contributed by atoms with E-state index in [1.165, 1.54) is 12.8 Å². The van der Waals surface area contributed by atoms with Gasteiger partial charge in [-0.3, -0.25) is 4.68 Å². The zero-order chi connectivity index (χ0) is 23.7. The molecule has 34 heavy (non-hydrogen) atoms. The van der Waals surface area contributed by atoms with Crippen molar-refractivity contribution in [3.63, 3.8) is 0 Å². The van der Waals surface area contributed by atoms with Crippen LogP contribution < -0.4 is 15.0 Å². The summed E-state index contributed by atoms with van der Waals surface area (Å²) in [6.45, 7) is 9.10. The molecule has 0 radical (unpaired) electrons. The first-order chi connectivity index (χ1) is 16.6. The van der Waals surface area contributed by atoms with Gasteiger partial charge in [0.2, 0.25) is 0 Å². The second kappa shape index (κ2) is 9.80. The van der Waals surface area contributed by atoms with Crippen LogP contribution in [0.3, 0.4) is 0 Å². The predicted molar refractivity (Wildman–Crippen MR) is 135 cm³/mol. The number of rotatable bonds is 7. The highest BCUT2D eigenvalue weighted by molar-refractivity contribution is 5.91. The van der Waals surface area contributed by atoms with Gasteiger partial charge < -0.3 is 15.0 Å². The summed E-state index contributed by atoms with van der Waals surface area (Å²) in [5.74, 6) is 2.83. The molecule has 0 spiro atoms. The van der Waals surface area contributed by atoms with E-state index < -0.39 is 0 Å². The number of halogens is 1. The number of nitrogens with zero attached hydrogens (tertiary/aromatic N) is 4. The lowest BCUT2D eigenvalue weighted by Gasteiger charge is -2.29. The van der Waals surface area contributed by atoms with Crippen LogP contribution in [0.25, 0.3) is 10.9 Å². The van der Waals surface area contributed by atoms with E-state index in [1.54, 1.807) is 19.1 Å². The van der Waals surface area contributed by atoms with E-state index >= 15 is 0 Å². The molecule has 1 aliphatic heterocycles. The lowest BCUT2D eigenvalue weighted by atomic mass is 9.93. The fourth-order valence-corrected chi connectivity index (χ4v) is 5.46. The largest absolute Gasteiger partial charge is 0.487 e. The van der Waals surface area contributed by atoms with E-state index in [9.17, 15) is 4.39 Å². The van der Waals surface area contributed by atoms with Gasteiger partial charge in [0.15, 0.2) is 17.4 Å². The van der Waals surface area contributed by atoms with E-state index in [4.69, 9.17) is 9.84 Å². The number of fused-ring (bicyclic) bond motifs is 1. The van der Waals surface area contributed by atoms with Crippen LogP contribution in [-0.2, 0) is 0 Å². The van der Waals surface area contributed by atoms with Gasteiger partial charge in [-0.15, -0.1) is 0 Å².